The van der Waals surface area contributed by atoms with Gasteiger partial charge in [0, 0.05) is 13.1 Å². The quantitative estimate of drug-likeness (QED) is 0.671. The van der Waals surface area contributed by atoms with E-state index in [-0.39, 0.29) is 5.82 Å². The van der Waals surface area contributed by atoms with Crippen LogP contribution in [0.4, 0.5) is 9.52 Å². The summed E-state index contributed by atoms with van der Waals surface area (Å²) in [6, 6.07) is 13.3. The van der Waals surface area contributed by atoms with Gasteiger partial charge in [0.05, 0.1) is 10.2 Å². The molecule has 1 aromatic heterocycles. The van der Waals surface area contributed by atoms with Crippen LogP contribution in [-0.2, 0) is 13.0 Å². The van der Waals surface area contributed by atoms with E-state index in [0.29, 0.717) is 0 Å². The van der Waals surface area contributed by atoms with E-state index in [1.54, 1.807) is 23.5 Å². The van der Waals surface area contributed by atoms with Crippen LogP contribution in [0.1, 0.15) is 11.1 Å². The number of hydrogen-bond donors (Lipinski definition) is 0. The van der Waals surface area contributed by atoms with Crippen molar-refractivity contribution in [1.82, 2.24) is 4.98 Å². The van der Waals surface area contributed by atoms with Crippen molar-refractivity contribution in [1.29, 1.82) is 0 Å². The summed E-state index contributed by atoms with van der Waals surface area (Å²) < 4.78 is 14.2. The predicted molar refractivity (Wildman–Crippen MR) is 80.8 cm³/mol. The summed E-state index contributed by atoms with van der Waals surface area (Å²) in [5.41, 5.74) is 3.67. The molecule has 2 nitrogen and oxygen atoms in total. The number of benzene rings is 2. The van der Waals surface area contributed by atoms with Crippen molar-refractivity contribution < 1.29 is 4.39 Å². The normalized spacial score (nSPS) is 14.6. The predicted octanol–water partition coefficient (Wildman–Crippen LogP) is 4.00. The van der Waals surface area contributed by atoms with Crippen LogP contribution in [0.5, 0.6) is 0 Å². The molecule has 0 N–H and O–H groups in total. The molecule has 0 fully saturated rings. The minimum absolute atomic E-state index is 0.198. The van der Waals surface area contributed by atoms with Gasteiger partial charge < -0.3 is 4.90 Å². The average molecular weight is 284 g/mol. The molecule has 0 amide bonds. The zero-order valence-electron chi connectivity index (χ0n) is 10.8. The summed E-state index contributed by atoms with van der Waals surface area (Å²) in [5, 5.41) is 0.986. The second kappa shape index (κ2) is 4.56. The van der Waals surface area contributed by atoms with Crippen molar-refractivity contribution in [2.24, 2.45) is 0 Å². The largest absolute Gasteiger partial charge is 0.343 e. The van der Waals surface area contributed by atoms with E-state index >= 15 is 0 Å². The van der Waals surface area contributed by atoms with Gasteiger partial charge in [-0.3, -0.25) is 0 Å². The van der Waals surface area contributed by atoms with Crippen LogP contribution in [0, 0.1) is 5.82 Å². The lowest BCUT2D eigenvalue weighted by molar-refractivity contribution is 0.630. The maximum absolute atomic E-state index is 13.3. The number of aromatic nitrogens is 1. The van der Waals surface area contributed by atoms with Crippen molar-refractivity contribution in [3.05, 3.63) is 59.4 Å². The van der Waals surface area contributed by atoms with Crippen LogP contribution < -0.4 is 4.90 Å². The zero-order chi connectivity index (χ0) is 13.5. The topological polar surface area (TPSA) is 16.1 Å². The third-order valence-corrected chi connectivity index (χ3v) is 4.82. The van der Waals surface area contributed by atoms with E-state index in [4.69, 9.17) is 0 Å². The molecule has 0 saturated heterocycles. The van der Waals surface area contributed by atoms with Gasteiger partial charge in [0.15, 0.2) is 5.13 Å². The molecule has 100 valence electrons. The van der Waals surface area contributed by atoms with Crippen LogP contribution in [0.2, 0.25) is 0 Å². The SMILES string of the molecule is Fc1ccc2nc(N3CCc4ccccc4C3)sc2c1. The van der Waals surface area contributed by atoms with E-state index in [2.05, 4.69) is 34.1 Å². The molecule has 0 spiro atoms. The molecule has 0 saturated carbocycles. The smallest absolute Gasteiger partial charge is 0.186 e. The summed E-state index contributed by atoms with van der Waals surface area (Å²) in [4.78, 5) is 6.91. The summed E-state index contributed by atoms with van der Waals surface area (Å²) in [5.74, 6) is -0.198. The summed E-state index contributed by atoms with van der Waals surface area (Å²) in [6.45, 7) is 1.86. The van der Waals surface area contributed by atoms with E-state index in [9.17, 15) is 4.39 Å². The molecule has 20 heavy (non-hydrogen) atoms. The Morgan fingerprint density at radius 2 is 1.95 bits per heavy atom. The van der Waals surface area contributed by atoms with E-state index in [1.165, 1.54) is 17.2 Å². The van der Waals surface area contributed by atoms with Gasteiger partial charge >= 0.3 is 0 Å². The molecule has 2 aromatic carbocycles. The third kappa shape index (κ3) is 1.96. The third-order valence-electron chi connectivity index (χ3n) is 3.74. The zero-order valence-corrected chi connectivity index (χ0v) is 11.7. The lowest BCUT2D eigenvalue weighted by atomic mass is 10.0. The highest BCUT2D eigenvalue weighted by Gasteiger charge is 2.18. The van der Waals surface area contributed by atoms with Crippen LogP contribution >= 0.6 is 11.3 Å². The van der Waals surface area contributed by atoms with Gasteiger partial charge in [0.25, 0.3) is 0 Å². The number of halogens is 1. The van der Waals surface area contributed by atoms with Crippen LogP contribution in [0.15, 0.2) is 42.5 Å². The lowest BCUT2D eigenvalue weighted by Gasteiger charge is -2.28. The Morgan fingerprint density at radius 1 is 1.10 bits per heavy atom. The molecular formula is C16H13FN2S. The Labute approximate surface area is 120 Å². The fraction of sp³-hybridized carbons (Fsp3) is 0.188. The fourth-order valence-electron chi connectivity index (χ4n) is 2.68. The summed E-state index contributed by atoms with van der Waals surface area (Å²) >= 11 is 1.57. The monoisotopic (exact) mass is 284 g/mol. The number of rotatable bonds is 1. The van der Waals surface area contributed by atoms with Crippen molar-refractivity contribution in [2.45, 2.75) is 13.0 Å². The molecule has 2 heterocycles. The van der Waals surface area contributed by atoms with Gasteiger partial charge in [-0.05, 0) is 35.7 Å². The fourth-order valence-corrected chi connectivity index (χ4v) is 3.70. The standard InChI is InChI=1S/C16H13FN2S/c17-13-5-6-14-15(9-13)20-16(18-14)19-8-7-11-3-1-2-4-12(11)10-19/h1-6,9H,7-8,10H2. The van der Waals surface area contributed by atoms with E-state index < -0.39 is 0 Å². The average Bonchev–Trinajstić information content (AvgIpc) is 2.89. The molecule has 4 heteroatoms. The number of fused-ring (bicyclic) bond motifs is 2. The van der Waals surface area contributed by atoms with E-state index in [0.717, 1.165) is 34.9 Å². The molecular weight excluding hydrogens is 271 g/mol. The molecule has 0 unspecified atom stereocenters. The first-order valence-corrected chi connectivity index (χ1v) is 7.49. The number of thiazole rings is 1. The second-order valence-electron chi connectivity index (χ2n) is 5.05. The van der Waals surface area contributed by atoms with Gasteiger partial charge in [-0.25, -0.2) is 9.37 Å². The highest BCUT2D eigenvalue weighted by atomic mass is 32.1. The molecule has 1 aliphatic rings. The molecule has 1 aliphatic heterocycles. The Bertz CT molecular complexity index is 781. The Balaban J connectivity index is 1.70. The van der Waals surface area contributed by atoms with Crippen molar-refractivity contribution >= 4 is 26.7 Å². The maximum Gasteiger partial charge on any atom is 0.186 e. The van der Waals surface area contributed by atoms with Crippen molar-refractivity contribution in [3.63, 3.8) is 0 Å². The Morgan fingerprint density at radius 3 is 2.85 bits per heavy atom. The first kappa shape index (κ1) is 11.9. The number of nitrogens with zero attached hydrogens (tertiary/aromatic N) is 2. The lowest BCUT2D eigenvalue weighted by Crippen LogP contribution is -2.30. The number of hydrogen-bond acceptors (Lipinski definition) is 3. The van der Waals surface area contributed by atoms with Crippen LogP contribution in [-0.4, -0.2) is 11.5 Å². The minimum atomic E-state index is -0.198. The van der Waals surface area contributed by atoms with Gasteiger partial charge in [0.1, 0.15) is 5.82 Å². The maximum atomic E-state index is 13.3. The molecule has 0 bridgehead atoms. The Kier molecular flexibility index (Phi) is 2.70. The molecule has 0 atom stereocenters. The second-order valence-corrected chi connectivity index (χ2v) is 6.06. The van der Waals surface area contributed by atoms with Crippen LogP contribution in [0.25, 0.3) is 10.2 Å². The first-order chi connectivity index (χ1) is 9.79. The van der Waals surface area contributed by atoms with Crippen molar-refractivity contribution in [2.75, 3.05) is 11.4 Å². The van der Waals surface area contributed by atoms with Crippen molar-refractivity contribution in [3.8, 4) is 0 Å². The molecule has 0 radical (unpaired) electrons. The summed E-state index contributed by atoms with van der Waals surface area (Å²) in [6.07, 6.45) is 1.04. The number of anilines is 1. The van der Waals surface area contributed by atoms with E-state index in [1.807, 2.05) is 0 Å². The van der Waals surface area contributed by atoms with Gasteiger partial charge in [-0.2, -0.15) is 0 Å². The highest BCUT2D eigenvalue weighted by molar-refractivity contribution is 7.22. The molecule has 3 aromatic rings. The van der Waals surface area contributed by atoms with Gasteiger partial charge in [-0.15, -0.1) is 0 Å². The van der Waals surface area contributed by atoms with Gasteiger partial charge in [0.2, 0.25) is 0 Å². The Hall–Kier alpha value is -1.94. The van der Waals surface area contributed by atoms with Gasteiger partial charge in [-0.1, -0.05) is 35.6 Å². The summed E-state index contributed by atoms with van der Waals surface area (Å²) in [7, 11) is 0. The minimum Gasteiger partial charge on any atom is -0.343 e. The van der Waals surface area contributed by atoms with Crippen LogP contribution in [0.3, 0.4) is 0 Å². The highest BCUT2D eigenvalue weighted by Crippen LogP contribution is 2.32. The molecule has 0 aliphatic carbocycles. The first-order valence-electron chi connectivity index (χ1n) is 6.67. The molecule has 4 rings (SSSR count).